The highest BCUT2D eigenvalue weighted by Gasteiger charge is 2.29. The molecule has 0 unspecified atom stereocenters. The van der Waals surface area contributed by atoms with Crippen molar-refractivity contribution < 1.29 is 27.6 Å². The Bertz CT molecular complexity index is 1010. The third-order valence-electron chi connectivity index (χ3n) is 4.10. The van der Waals surface area contributed by atoms with Crippen LogP contribution < -0.4 is 14.0 Å². The molecule has 1 aliphatic heterocycles. The lowest BCUT2D eigenvalue weighted by Gasteiger charge is -2.19. The molecule has 0 spiro atoms. The summed E-state index contributed by atoms with van der Waals surface area (Å²) >= 11 is 0. The summed E-state index contributed by atoms with van der Waals surface area (Å²) < 4.78 is 40.2. The first kappa shape index (κ1) is 17.2. The third-order valence-corrected chi connectivity index (χ3v) is 5.67. The molecule has 0 aliphatic carbocycles. The van der Waals surface area contributed by atoms with Gasteiger partial charge in [0.05, 0.1) is 13.2 Å². The summed E-state index contributed by atoms with van der Waals surface area (Å²) in [5.74, 6) is 1.72. The van der Waals surface area contributed by atoms with Crippen LogP contribution in [-0.2, 0) is 13.6 Å². The van der Waals surface area contributed by atoms with Crippen molar-refractivity contribution in [1.82, 2.24) is 0 Å². The minimum atomic E-state index is -3.72. The normalized spacial score (nSPS) is 13.5. The van der Waals surface area contributed by atoms with Crippen LogP contribution in [-0.4, -0.2) is 20.0 Å². The van der Waals surface area contributed by atoms with Crippen LogP contribution >= 0.6 is 7.82 Å². The molecule has 3 aromatic rings. The Balaban J connectivity index is 1.93. The van der Waals surface area contributed by atoms with Crippen LogP contribution in [0.25, 0.3) is 21.5 Å². The smallest absolute Gasteiger partial charge is 0.454 e. The van der Waals surface area contributed by atoms with Gasteiger partial charge in [0.2, 0.25) is 6.79 Å². The molecule has 7 heteroatoms. The van der Waals surface area contributed by atoms with Crippen molar-refractivity contribution in [3.8, 4) is 17.2 Å². The molecule has 0 bridgehead atoms. The molecular formula is C19H19O6P. The summed E-state index contributed by atoms with van der Waals surface area (Å²) in [6.07, 6.45) is 0. The molecule has 4 rings (SSSR count). The molecule has 0 radical (unpaired) electrons. The van der Waals surface area contributed by atoms with E-state index in [0.29, 0.717) is 17.2 Å². The average Bonchev–Trinajstić information content (AvgIpc) is 3.08. The van der Waals surface area contributed by atoms with E-state index in [4.69, 9.17) is 23.0 Å². The average molecular weight is 374 g/mol. The summed E-state index contributed by atoms with van der Waals surface area (Å²) in [4.78, 5) is 0. The number of ether oxygens (including phenoxy) is 2. The van der Waals surface area contributed by atoms with Crippen molar-refractivity contribution in [2.45, 2.75) is 13.8 Å². The first-order chi connectivity index (χ1) is 12.6. The standard InChI is InChI=1S/C19H19O6P/c1-3-23-26(20,24-4-2)25-17-9-13-7-5-6-8-14(13)15-10-18-19(11-16(15)17)22-12-21-18/h5-11H,3-4,12H2,1-2H3. The Labute approximate surface area is 151 Å². The van der Waals surface area contributed by atoms with Crippen LogP contribution in [0.5, 0.6) is 17.2 Å². The van der Waals surface area contributed by atoms with Gasteiger partial charge in [-0.3, -0.25) is 9.05 Å². The molecule has 0 atom stereocenters. The van der Waals surface area contributed by atoms with Crippen LogP contribution in [0.15, 0.2) is 42.5 Å². The van der Waals surface area contributed by atoms with Gasteiger partial charge in [-0.25, -0.2) is 4.57 Å². The Kier molecular flexibility index (Phi) is 4.49. The van der Waals surface area contributed by atoms with E-state index in [1.165, 1.54) is 0 Å². The molecular weight excluding hydrogens is 355 g/mol. The zero-order valence-corrected chi connectivity index (χ0v) is 15.5. The Morgan fingerprint density at radius 1 is 0.923 bits per heavy atom. The highest BCUT2D eigenvalue weighted by molar-refractivity contribution is 7.48. The SMILES string of the molecule is CCOP(=O)(OCC)Oc1cc2ccccc2c2cc3c(cc12)OCO3. The Morgan fingerprint density at radius 2 is 1.58 bits per heavy atom. The van der Waals surface area contributed by atoms with Crippen molar-refractivity contribution in [3.63, 3.8) is 0 Å². The van der Waals surface area contributed by atoms with E-state index in [1.54, 1.807) is 13.8 Å². The lowest BCUT2D eigenvalue weighted by atomic mass is 10.0. The number of hydrogen-bond acceptors (Lipinski definition) is 6. The van der Waals surface area contributed by atoms with Crippen molar-refractivity contribution in [3.05, 3.63) is 42.5 Å². The largest absolute Gasteiger partial charge is 0.530 e. The predicted molar refractivity (Wildman–Crippen MR) is 99.1 cm³/mol. The second-order valence-electron chi connectivity index (χ2n) is 5.72. The van der Waals surface area contributed by atoms with Crippen LogP contribution in [0.4, 0.5) is 0 Å². The lowest BCUT2D eigenvalue weighted by Crippen LogP contribution is -2.02. The highest BCUT2D eigenvalue weighted by atomic mass is 31.2. The van der Waals surface area contributed by atoms with Crippen molar-refractivity contribution in [1.29, 1.82) is 0 Å². The summed E-state index contributed by atoms with van der Waals surface area (Å²) in [7, 11) is -3.72. The molecule has 6 nitrogen and oxygen atoms in total. The van der Waals surface area contributed by atoms with E-state index in [9.17, 15) is 4.57 Å². The molecule has 1 heterocycles. The Hall–Kier alpha value is -2.27. The van der Waals surface area contributed by atoms with Gasteiger partial charge in [0.15, 0.2) is 11.5 Å². The predicted octanol–water partition coefficient (Wildman–Crippen LogP) is 5.28. The number of phosphoric ester groups is 1. The van der Waals surface area contributed by atoms with E-state index in [2.05, 4.69) is 0 Å². The molecule has 0 N–H and O–H groups in total. The van der Waals surface area contributed by atoms with Crippen molar-refractivity contribution in [2.24, 2.45) is 0 Å². The highest BCUT2D eigenvalue weighted by Crippen LogP contribution is 2.52. The van der Waals surface area contributed by atoms with E-state index in [-0.39, 0.29) is 20.0 Å². The maximum atomic E-state index is 12.9. The van der Waals surface area contributed by atoms with Crippen molar-refractivity contribution in [2.75, 3.05) is 20.0 Å². The van der Waals surface area contributed by atoms with Gasteiger partial charge in [-0.1, -0.05) is 24.3 Å². The van der Waals surface area contributed by atoms with Gasteiger partial charge in [0, 0.05) is 5.39 Å². The van der Waals surface area contributed by atoms with Crippen LogP contribution in [0.1, 0.15) is 13.8 Å². The van der Waals surface area contributed by atoms with E-state index >= 15 is 0 Å². The van der Waals surface area contributed by atoms with E-state index < -0.39 is 7.82 Å². The topological polar surface area (TPSA) is 63.2 Å². The lowest BCUT2D eigenvalue weighted by molar-refractivity contribution is 0.168. The summed E-state index contributed by atoms with van der Waals surface area (Å²) in [5, 5.41) is 3.67. The number of fused-ring (bicyclic) bond motifs is 4. The van der Waals surface area contributed by atoms with Gasteiger partial charge in [-0.2, -0.15) is 0 Å². The fourth-order valence-corrected chi connectivity index (χ4v) is 4.26. The quantitative estimate of drug-likeness (QED) is 0.432. The number of benzene rings is 3. The molecule has 1 aliphatic rings. The van der Waals surface area contributed by atoms with Gasteiger partial charge in [-0.15, -0.1) is 0 Å². The van der Waals surface area contributed by atoms with Crippen LogP contribution in [0.2, 0.25) is 0 Å². The summed E-state index contributed by atoms with van der Waals surface area (Å²) in [6.45, 7) is 4.09. The second kappa shape index (κ2) is 6.80. The maximum absolute atomic E-state index is 12.9. The fraction of sp³-hybridized carbons (Fsp3) is 0.263. The molecule has 0 amide bonds. The molecule has 0 saturated heterocycles. The summed E-state index contributed by atoms with van der Waals surface area (Å²) in [5.41, 5.74) is 0. The monoisotopic (exact) mass is 374 g/mol. The summed E-state index contributed by atoms with van der Waals surface area (Å²) in [6, 6.07) is 13.5. The van der Waals surface area contributed by atoms with E-state index in [0.717, 1.165) is 21.5 Å². The number of phosphoric acid groups is 1. The maximum Gasteiger partial charge on any atom is 0.530 e. The molecule has 0 saturated carbocycles. The number of rotatable bonds is 6. The minimum absolute atomic E-state index is 0.177. The molecule has 0 aromatic heterocycles. The van der Waals surface area contributed by atoms with Gasteiger partial charge >= 0.3 is 7.82 Å². The van der Waals surface area contributed by atoms with Crippen LogP contribution in [0, 0.1) is 0 Å². The zero-order valence-electron chi connectivity index (χ0n) is 14.6. The molecule has 136 valence electrons. The van der Waals surface area contributed by atoms with Gasteiger partial charge in [0.25, 0.3) is 0 Å². The molecule has 26 heavy (non-hydrogen) atoms. The first-order valence-electron chi connectivity index (χ1n) is 8.47. The zero-order chi connectivity index (χ0) is 18.1. The van der Waals surface area contributed by atoms with Crippen LogP contribution in [0.3, 0.4) is 0 Å². The second-order valence-corrected chi connectivity index (χ2v) is 7.31. The fourth-order valence-electron chi connectivity index (χ4n) is 3.06. The Morgan fingerprint density at radius 3 is 2.27 bits per heavy atom. The minimum Gasteiger partial charge on any atom is -0.454 e. The van der Waals surface area contributed by atoms with Gasteiger partial charge in [0.1, 0.15) is 5.75 Å². The third kappa shape index (κ3) is 3.01. The molecule has 0 fully saturated rings. The van der Waals surface area contributed by atoms with Gasteiger partial charge < -0.3 is 14.0 Å². The van der Waals surface area contributed by atoms with Gasteiger partial charge in [-0.05, 0) is 48.2 Å². The first-order valence-corrected chi connectivity index (χ1v) is 9.93. The van der Waals surface area contributed by atoms with E-state index in [1.807, 2.05) is 42.5 Å². The van der Waals surface area contributed by atoms with Crippen molar-refractivity contribution >= 4 is 29.4 Å². The molecule has 3 aromatic carbocycles. The number of hydrogen-bond donors (Lipinski definition) is 0.